The number of allylic oxidation sites excluding steroid dienone is 1. The van der Waals surface area contributed by atoms with Crippen molar-refractivity contribution in [1.29, 1.82) is 0 Å². The third kappa shape index (κ3) is 3.32. The van der Waals surface area contributed by atoms with Gasteiger partial charge in [0, 0.05) is 0 Å². The zero-order valence-electron chi connectivity index (χ0n) is 8.57. The number of aliphatic hydroxyl groups excluding tert-OH is 1. The number of aliphatic carboxylic acids is 1. The van der Waals surface area contributed by atoms with Crippen LogP contribution in [0.1, 0.15) is 12.8 Å². The molecule has 0 bridgehead atoms. The van der Waals surface area contributed by atoms with Gasteiger partial charge in [-0.25, -0.2) is 0 Å². The molecule has 0 amide bonds. The Labute approximate surface area is 92.1 Å². The SMILES string of the molecule is O=C(OCC(O)O)C1C=CCCC1C(=O)O. The lowest BCUT2D eigenvalue weighted by molar-refractivity contribution is -0.164. The number of rotatable bonds is 4. The zero-order valence-corrected chi connectivity index (χ0v) is 8.57. The van der Waals surface area contributed by atoms with Gasteiger partial charge in [-0.3, -0.25) is 9.59 Å². The molecule has 0 saturated heterocycles. The molecule has 0 aromatic carbocycles. The average molecular weight is 230 g/mol. The van der Waals surface area contributed by atoms with Gasteiger partial charge < -0.3 is 20.1 Å². The minimum Gasteiger partial charge on any atom is -0.481 e. The number of hydrogen-bond acceptors (Lipinski definition) is 5. The monoisotopic (exact) mass is 230 g/mol. The summed E-state index contributed by atoms with van der Waals surface area (Å²) in [5.41, 5.74) is 0. The van der Waals surface area contributed by atoms with E-state index in [2.05, 4.69) is 4.74 Å². The first-order valence-electron chi connectivity index (χ1n) is 4.94. The Morgan fingerprint density at radius 3 is 2.69 bits per heavy atom. The largest absolute Gasteiger partial charge is 0.481 e. The third-order valence-corrected chi connectivity index (χ3v) is 2.39. The number of hydrogen-bond donors (Lipinski definition) is 3. The molecule has 0 spiro atoms. The van der Waals surface area contributed by atoms with Gasteiger partial charge in [0.15, 0.2) is 6.29 Å². The van der Waals surface area contributed by atoms with Crippen LogP contribution in [0, 0.1) is 11.8 Å². The maximum absolute atomic E-state index is 11.5. The van der Waals surface area contributed by atoms with Crippen LogP contribution in [0.25, 0.3) is 0 Å². The molecule has 2 atom stereocenters. The molecule has 0 saturated carbocycles. The Balaban J connectivity index is 2.61. The van der Waals surface area contributed by atoms with Crippen LogP contribution >= 0.6 is 0 Å². The lowest BCUT2D eigenvalue weighted by Gasteiger charge is -2.22. The molecule has 1 aliphatic carbocycles. The van der Waals surface area contributed by atoms with Crippen molar-refractivity contribution in [2.24, 2.45) is 11.8 Å². The highest BCUT2D eigenvalue weighted by Crippen LogP contribution is 2.26. The molecule has 3 N–H and O–H groups in total. The van der Waals surface area contributed by atoms with E-state index in [1.54, 1.807) is 6.08 Å². The molecule has 0 fully saturated rings. The van der Waals surface area contributed by atoms with E-state index in [1.807, 2.05) is 0 Å². The summed E-state index contributed by atoms with van der Waals surface area (Å²) in [5.74, 6) is -3.43. The standard InChI is InChI=1S/C10H14O6/c11-8(12)5-16-10(15)7-4-2-1-3-6(7)9(13)14/h2,4,6-8,11-12H,1,3,5H2,(H,13,14). The molecule has 0 aromatic heterocycles. The summed E-state index contributed by atoms with van der Waals surface area (Å²) in [6, 6.07) is 0. The summed E-state index contributed by atoms with van der Waals surface area (Å²) < 4.78 is 4.57. The fourth-order valence-electron chi connectivity index (χ4n) is 1.61. The van der Waals surface area contributed by atoms with Gasteiger partial charge in [0.2, 0.25) is 0 Å². The van der Waals surface area contributed by atoms with Crippen LogP contribution in [0.5, 0.6) is 0 Å². The molecule has 1 rings (SSSR count). The first kappa shape index (κ1) is 12.7. The second-order valence-corrected chi connectivity index (χ2v) is 3.59. The number of carbonyl (C=O) groups is 2. The maximum atomic E-state index is 11.5. The fraction of sp³-hybridized carbons (Fsp3) is 0.600. The lowest BCUT2D eigenvalue weighted by atomic mass is 9.84. The molecule has 0 aliphatic heterocycles. The fourth-order valence-corrected chi connectivity index (χ4v) is 1.61. The summed E-state index contributed by atoms with van der Waals surface area (Å²) in [7, 11) is 0. The van der Waals surface area contributed by atoms with Crippen molar-refractivity contribution in [2.75, 3.05) is 6.61 Å². The van der Waals surface area contributed by atoms with Gasteiger partial charge in [-0.2, -0.15) is 0 Å². The van der Waals surface area contributed by atoms with Gasteiger partial charge in [-0.05, 0) is 12.8 Å². The quantitative estimate of drug-likeness (QED) is 0.342. The first-order valence-corrected chi connectivity index (χ1v) is 4.94. The summed E-state index contributed by atoms with van der Waals surface area (Å²) in [4.78, 5) is 22.3. The number of ether oxygens (including phenoxy) is 1. The molecule has 0 radical (unpaired) electrons. The van der Waals surface area contributed by atoms with Gasteiger partial charge >= 0.3 is 11.9 Å². The van der Waals surface area contributed by atoms with Crippen molar-refractivity contribution >= 4 is 11.9 Å². The van der Waals surface area contributed by atoms with Crippen LogP contribution in [0.2, 0.25) is 0 Å². The van der Waals surface area contributed by atoms with Crippen LogP contribution < -0.4 is 0 Å². The van der Waals surface area contributed by atoms with Gasteiger partial charge in [-0.15, -0.1) is 0 Å². The van der Waals surface area contributed by atoms with Gasteiger partial charge in [0.25, 0.3) is 0 Å². The van der Waals surface area contributed by atoms with Crippen LogP contribution in [0.3, 0.4) is 0 Å². The topological polar surface area (TPSA) is 104 Å². The molecular weight excluding hydrogens is 216 g/mol. The Kier molecular flexibility index (Phi) is 4.45. The van der Waals surface area contributed by atoms with Crippen molar-refractivity contribution in [2.45, 2.75) is 19.1 Å². The predicted molar refractivity (Wildman–Crippen MR) is 52.2 cm³/mol. The molecule has 2 unspecified atom stereocenters. The highest BCUT2D eigenvalue weighted by molar-refractivity contribution is 5.83. The van der Waals surface area contributed by atoms with E-state index in [0.29, 0.717) is 12.8 Å². The highest BCUT2D eigenvalue weighted by Gasteiger charge is 2.34. The van der Waals surface area contributed by atoms with Crippen molar-refractivity contribution in [3.05, 3.63) is 12.2 Å². The summed E-state index contributed by atoms with van der Waals surface area (Å²) in [6.45, 7) is -0.546. The van der Waals surface area contributed by atoms with E-state index >= 15 is 0 Å². The number of carboxylic acids is 1. The number of carboxylic acid groups (broad SMARTS) is 1. The molecular formula is C10H14O6. The second kappa shape index (κ2) is 5.62. The molecule has 0 aromatic rings. The van der Waals surface area contributed by atoms with E-state index in [-0.39, 0.29) is 0 Å². The molecule has 6 nitrogen and oxygen atoms in total. The summed E-state index contributed by atoms with van der Waals surface area (Å²) in [6.07, 6.45) is 2.48. The lowest BCUT2D eigenvalue weighted by Crippen LogP contribution is -2.33. The minimum absolute atomic E-state index is 0.382. The second-order valence-electron chi connectivity index (χ2n) is 3.59. The Hall–Kier alpha value is -1.40. The van der Waals surface area contributed by atoms with E-state index in [1.165, 1.54) is 6.08 Å². The van der Waals surface area contributed by atoms with E-state index in [4.69, 9.17) is 15.3 Å². The number of carbonyl (C=O) groups excluding carboxylic acids is 1. The van der Waals surface area contributed by atoms with E-state index < -0.39 is 36.7 Å². The van der Waals surface area contributed by atoms with Crippen molar-refractivity contribution in [3.8, 4) is 0 Å². The zero-order chi connectivity index (χ0) is 12.1. The third-order valence-electron chi connectivity index (χ3n) is 2.39. The molecule has 1 aliphatic rings. The van der Waals surface area contributed by atoms with Crippen molar-refractivity contribution < 1.29 is 29.6 Å². The van der Waals surface area contributed by atoms with Crippen molar-refractivity contribution in [1.82, 2.24) is 0 Å². The molecule has 6 heteroatoms. The summed E-state index contributed by atoms with van der Waals surface area (Å²) in [5, 5.41) is 25.9. The van der Waals surface area contributed by atoms with E-state index in [0.717, 1.165) is 0 Å². The van der Waals surface area contributed by atoms with Gasteiger partial charge in [0.05, 0.1) is 11.8 Å². The summed E-state index contributed by atoms with van der Waals surface area (Å²) >= 11 is 0. The smallest absolute Gasteiger partial charge is 0.313 e. The highest BCUT2D eigenvalue weighted by atomic mass is 16.6. The molecule has 0 heterocycles. The molecule has 16 heavy (non-hydrogen) atoms. The Morgan fingerprint density at radius 2 is 2.12 bits per heavy atom. The van der Waals surface area contributed by atoms with Gasteiger partial charge in [-0.1, -0.05) is 12.2 Å². The number of esters is 1. The Morgan fingerprint density at radius 1 is 1.44 bits per heavy atom. The average Bonchev–Trinajstić information content (AvgIpc) is 2.25. The van der Waals surface area contributed by atoms with Crippen molar-refractivity contribution in [3.63, 3.8) is 0 Å². The van der Waals surface area contributed by atoms with Crippen LogP contribution in [-0.2, 0) is 14.3 Å². The Bertz CT molecular complexity index is 296. The van der Waals surface area contributed by atoms with Crippen LogP contribution in [-0.4, -0.2) is 40.2 Å². The minimum atomic E-state index is -1.74. The molecule has 90 valence electrons. The predicted octanol–water partition coefficient (Wildman–Crippen LogP) is -0.493. The van der Waals surface area contributed by atoms with Crippen LogP contribution in [0.4, 0.5) is 0 Å². The number of aliphatic hydroxyl groups is 2. The van der Waals surface area contributed by atoms with Crippen LogP contribution in [0.15, 0.2) is 12.2 Å². The normalized spacial score (nSPS) is 24.4. The van der Waals surface area contributed by atoms with E-state index in [9.17, 15) is 9.59 Å². The maximum Gasteiger partial charge on any atom is 0.313 e. The first-order chi connectivity index (χ1) is 7.52. The van der Waals surface area contributed by atoms with Gasteiger partial charge in [0.1, 0.15) is 6.61 Å².